The van der Waals surface area contributed by atoms with E-state index in [2.05, 4.69) is 16.0 Å². The zero-order valence-corrected chi connectivity index (χ0v) is 23.4. The first-order chi connectivity index (χ1) is 20.1. The van der Waals surface area contributed by atoms with Crippen LogP contribution in [-0.4, -0.2) is 30.6 Å². The minimum absolute atomic E-state index is 0.132. The summed E-state index contributed by atoms with van der Waals surface area (Å²) in [6.07, 6.45) is 3.93. The van der Waals surface area contributed by atoms with Crippen molar-refractivity contribution < 1.29 is 14.3 Å². The maximum atomic E-state index is 13.1. The molecule has 5 rings (SSSR count). The van der Waals surface area contributed by atoms with E-state index >= 15 is 0 Å². The second-order valence-electron chi connectivity index (χ2n) is 10.4. The number of hydrogen-bond donors (Lipinski definition) is 3. The molecule has 0 radical (unpaired) electrons. The molecule has 41 heavy (non-hydrogen) atoms. The van der Waals surface area contributed by atoms with Crippen LogP contribution in [0.15, 0.2) is 109 Å². The molecule has 210 valence electrons. The molecule has 0 aliphatic heterocycles. The van der Waals surface area contributed by atoms with Crippen LogP contribution in [0.3, 0.4) is 0 Å². The summed E-state index contributed by atoms with van der Waals surface area (Å²) in [4.78, 5) is 25.8. The minimum Gasteiger partial charge on any atom is -0.465 e. The number of carbonyl (C=O) groups is 2. The van der Waals surface area contributed by atoms with E-state index < -0.39 is 6.04 Å². The number of benzene rings is 4. The zero-order chi connectivity index (χ0) is 28.4. The van der Waals surface area contributed by atoms with Crippen LogP contribution in [0.25, 0.3) is 11.1 Å². The fourth-order valence-electron chi connectivity index (χ4n) is 5.45. The summed E-state index contributed by atoms with van der Waals surface area (Å²) >= 11 is 0. The number of anilines is 2. The van der Waals surface area contributed by atoms with Crippen LogP contribution >= 0.6 is 0 Å². The van der Waals surface area contributed by atoms with Gasteiger partial charge < -0.3 is 15.4 Å². The van der Waals surface area contributed by atoms with Gasteiger partial charge in [-0.3, -0.25) is 10.1 Å². The summed E-state index contributed by atoms with van der Waals surface area (Å²) in [5.41, 5.74) is 5.27. The number of rotatable bonds is 10. The summed E-state index contributed by atoms with van der Waals surface area (Å²) in [6, 6.07) is 35.4. The van der Waals surface area contributed by atoms with Gasteiger partial charge in [0.15, 0.2) is 0 Å². The summed E-state index contributed by atoms with van der Waals surface area (Å²) in [5.74, 6) is -0.359. The minimum atomic E-state index is -0.451. The van der Waals surface area contributed by atoms with Gasteiger partial charge in [-0.05, 0) is 79.6 Å². The van der Waals surface area contributed by atoms with Gasteiger partial charge in [0.2, 0.25) is 0 Å². The van der Waals surface area contributed by atoms with Crippen molar-refractivity contribution in [2.45, 2.75) is 50.7 Å². The lowest BCUT2D eigenvalue weighted by Crippen LogP contribution is -2.41. The maximum absolute atomic E-state index is 13.1. The number of carbonyl (C=O) groups excluding carboxylic acids is 2. The Bertz CT molecular complexity index is 1420. The van der Waals surface area contributed by atoms with Crippen molar-refractivity contribution in [1.82, 2.24) is 5.32 Å². The van der Waals surface area contributed by atoms with E-state index in [1.54, 1.807) is 0 Å². The van der Waals surface area contributed by atoms with Gasteiger partial charge in [0, 0.05) is 29.0 Å². The molecule has 1 atom stereocenters. The molecule has 1 aliphatic rings. The lowest BCUT2D eigenvalue weighted by Gasteiger charge is -2.32. The Morgan fingerprint density at radius 2 is 1.32 bits per heavy atom. The van der Waals surface area contributed by atoms with Crippen LogP contribution in [0, 0.1) is 0 Å². The first kappa shape index (κ1) is 28.1. The Morgan fingerprint density at radius 3 is 2.00 bits per heavy atom. The van der Waals surface area contributed by atoms with Crippen LogP contribution in [-0.2, 0) is 9.53 Å². The van der Waals surface area contributed by atoms with Gasteiger partial charge in [-0.15, -0.1) is 0 Å². The van der Waals surface area contributed by atoms with Gasteiger partial charge in [0.25, 0.3) is 5.91 Å². The van der Waals surface area contributed by atoms with Crippen molar-refractivity contribution in [3.8, 4) is 11.1 Å². The van der Waals surface area contributed by atoms with Crippen molar-refractivity contribution in [3.05, 3.63) is 120 Å². The highest BCUT2D eigenvalue weighted by Gasteiger charge is 2.28. The molecular weight excluding hydrogens is 510 g/mol. The molecule has 1 aliphatic carbocycles. The fraction of sp³-hybridized carbons (Fsp3) is 0.257. The van der Waals surface area contributed by atoms with Gasteiger partial charge >= 0.3 is 5.97 Å². The summed E-state index contributed by atoms with van der Waals surface area (Å²) < 4.78 is 5.34. The summed E-state index contributed by atoms with van der Waals surface area (Å²) in [7, 11) is 0. The van der Waals surface area contributed by atoms with Crippen molar-refractivity contribution in [2.24, 2.45) is 0 Å². The Hall–Kier alpha value is -4.42. The Labute approximate surface area is 242 Å². The summed E-state index contributed by atoms with van der Waals surface area (Å²) in [5, 5.41) is 10.2. The average Bonchev–Trinajstić information content (AvgIpc) is 3.02. The SMILES string of the molecule is CCOC(=O)C(NC1CCC(Nc2ccc(NC(=O)c3ccccc3-c3ccccc3)cc2)CC1)c1ccccc1. The predicted molar refractivity (Wildman–Crippen MR) is 165 cm³/mol. The molecule has 6 heteroatoms. The highest BCUT2D eigenvalue weighted by molar-refractivity contribution is 6.08. The van der Waals surface area contributed by atoms with Gasteiger partial charge in [-0.25, -0.2) is 4.79 Å². The molecule has 0 heterocycles. The normalized spacial score (nSPS) is 17.3. The zero-order valence-electron chi connectivity index (χ0n) is 23.4. The molecule has 1 amide bonds. The molecule has 6 nitrogen and oxygen atoms in total. The van der Waals surface area contributed by atoms with E-state index in [4.69, 9.17) is 4.74 Å². The van der Waals surface area contributed by atoms with Crippen LogP contribution in [0.1, 0.15) is 54.6 Å². The van der Waals surface area contributed by atoms with Crippen molar-refractivity contribution >= 4 is 23.3 Å². The first-order valence-electron chi connectivity index (χ1n) is 14.4. The second-order valence-corrected chi connectivity index (χ2v) is 10.4. The molecule has 4 aromatic rings. The number of nitrogens with one attached hydrogen (secondary N) is 3. The topological polar surface area (TPSA) is 79.5 Å². The van der Waals surface area contributed by atoms with E-state index in [-0.39, 0.29) is 17.9 Å². The lowest BCUT2D eigenvalue weighted by atomic mass is 9.90. The van der Waals surface area contributed by atoms with Crippen LogP contribution in [0.2, 0.25) is 0 Å². The number of amides is 1. The molecule has 0 saturated heterocycles. The Morgan fingerprint density at radius 1 is 0.732 bits per heavy atom. The maximum Gasteiger partial charge on any atom is 0.327 e. The third kappa shape index (κ3) is 7.41. The van der Waals surface area contributed by atoms with Crippen LogP contribution in [0.5, 0.6) is 0 Å². The van der Waals surface area contributed by atoms with Crippen molar-refractivity contribution in [1.29, 1.82) is 0 Å². The van der Waals surface area contributed by atoms with E-state index in [0.29, 0.717) is 18.2 Å². The largest absolute Gasteiger partial charge is 0.465 e. The highest BCUT2D eigenvalue weighted by Crippen LogP contribution is 2.27. The Balaban J connectivity index is 1.14. The molecule has 0 aromatic heterocycles. The third-order valence-corrected chi connectivity index (χ3v) is 7.55. The first-order valence-corrected chi connectivity index (χ1v) is 14.4. The lowest BCUT2D eigenvalue weighted by molar-refractivity contribution is -0.146. The van der Waals surface area contributed by atoms with E-state index in [0.717, 1.165) is 53.7 Å². The van der Waals surface area contributed by atoms with Crippen LogP contribution in [0.4, 0.5) is 11.4 Å². The molecule has 1 saturated carbocycles. The molecule has 3 N–H and O–H groups in total. The van der Waals surface area contributed by atoms with Gasteiger partial charge in [-0.1, -0.05) is 78.9 Å². The van der Waals surface area contributed by atoms with Crippen molar-refractivity contribution in [2.75, 3.05) is 17.2 Å². The van der Waals surface area contributed by atoms with Crippen molar-refractivity contribution in [3.63, 3.8) is 0 Å². The number of esters is 1. The molecule has 1 fully saturated rings. The molecule has 4 aromatic carbocycles. The van der Waals surface area contributed by atoms with E-state index in [9.17, 15) is 9.59 Å². The molecule has 0 bridgehead atoms. The standard InChI is InChI=1S/C35H37N3O3/c1-2-41-35(40)33(26-13-7-4-8-14-26)37-29-21-17-27(18-22-29)36-28-19-23-30(24-20-28)38-34(39)32-16-10-9-15-31(32)25-11-5-3-6-12-25/h3-16,19-20,23-24,27,29,33,36-37H,2,17-18,21-22H2,1H3,(H,38,39). The van der Waals surface area contributed by atoms with Gasteiger partial charge in [0.05, 0.1) is 6.61 Å². The molecular formula is C35H37N3O3. The monoisotopic (exact) mass is 547 g/mol. The van der Waals surface area contributed by atoms with Crippen LogP contribution < -0.4 is 16.0 Å². The fourth-order valence-corrected chi connectivity index (χ4v) is 5.45. The second kappa shape index (κ2) is 13.8. The smallest absolute Gasteiger partial charge is 0.327 e. The Kier molecular flexibility index (Phi) is 9.45. The predicted octanol–water partition coefficient (Wildman–Crippen LogP) is 7.22. The average molecular weight is 548 g/mol. The molecule has 1 unspecified atom stereocenters. The van der Waals surface area contributed by atoms with Gasteiger partial charge in [-0.2, -0.15) is 0 Å². The quantitative estimate of drug-likeness (QED) is 0.183. The number of ether oxygens (including phenoxy) is 1. The molecule has 0 spiro atoms. The van der Waals surface area contributed by atoms with Gasteiger partial charge in [0.1, 0.15) is 6.04 Å². The number of hydrogen-bond acceptors (Lipinski definition) is 5. The highest BCUT2D eigenvalue weighted by atomic mass is 16.5. The summed E-state index contributed by atoms with van der Waals surface area (Å²) in [6.45, 7) is 2.20. The third-order valence-electron chi connectivity index (χ3n) is 7.55. The van der Waals surface area contributed by atoms with E-state index in [1.807, 2.05) is 116 Å². The van der Waals surface area contributed by atoms with E-state index in [1.165, 1.54) is 0 Å².